The number of fused-ring (bicyclic) bond motifs is 5. The molecule has 1 aliphatic carbocycles. The first-order chi connectivity index (χ1) is 16.6. The molecule has 34 heavy (non-hydrogen) atoms. The van der Waals surface area contributed by atoms with E-state index in [2.05, 4.69) is 24.3 Å². The van der Waals surface area contributed by atoms with Crippen LogP contribution < -0.4 is 0 Å². The standard InChI is InChI=1S/C27H31NO6/c29-26(34-17-24-22-7-3-1-5-20(22)21-6-2-4-8-23(21)24)28-18-13-27(30,14-19(28)16-31-15-18)10-9-25-32-11-12-33-25/h1-8,18-19,24-25,30H,9-17H2. The van der Waals surface area contributed by atoms with Crippen molar-refractivity contribution >= 4 is 6.09 Å². The van der Waals surface area contributed by atoms with Gasteiger partial charge in [-0.15, -0.1) is 0 Å². The van der Waals surface area contributed by atoms with Gasteiger partial charge in [0.15, 0.2) is 6.29 Å². The fraction of sp³-hybridized carbons (Fsp3) is 0.519. The Morgan fingerprint density at radius 1 is 0.971 bits per heavy atom. The highest BCUT2D eigenvalue weighted by Crippen LogP contribution is 2.45. The van der Waals surface area contributed by atoms with E-state index in [1.165, 1.54) is 22.3 Å². The molecule has 7 heteroatoms. The molecule has 0 spiro atoms. The molecule has 2 atom stereocenters. The van der Waals surface area contributed by atoms with Gasteiger partial charge in [-0.05, 0) is 41.5 Å². The predicted octanol–water partition coefficient (Wildman–Crippen LogP) is 3.68. The molecule has 3 saturated heterocycles. The van der Waals surface area contributed by atoms with E-state index >= 15 is 0 Å². The second kappa shape index (κ2) is 8.96. The third kappa shape index (κ3) is 4.01. The van der Waals surface area contributed by atoms with Crippen molar-refractivity contribution < 1.29 is 28.8 Å². The minimum atomic E-state index is -0.853. The zero-order valence-electron chi connectivity index (χ0n) is 19.2. The molecule has 3 fully saturated rings. The number of carbonyl (C=O) groups is 1. The van der Waals surface area contributed by atoms with Crippen molar-refractivity contribution in [1.29, 1.82) is 0 Å². The molecule has 7 nitrogen and oxygen atoms in total. The van der Waals surface area contributed by atoms with E-state index in [1.54, 1.807) is 0 Å². The number of benzene rings is 2. The quantitative estimate of drug-likeness (QED) is 0.726. The summed E-state index contributed by atoms with van der Waals surface area (Å²) in [5, 5.41) is 11.3. The van der Waals surface area contributed by atoms with E-state index in [4.69, 9.17) is 18.9 Å². The largest absolute Gasteiger partial charge is 0.448 e. The second-order valence-electron chi connectivity index (χ2n) is 9.90. The fourth-order valence-electron chi connectivity index (χ4n) is 6.21. The molecule has 2 unspecified atom stereocenters. The molecular weight excluding hydrogens is 434 g/mol. The third-order valence-corrected chi connectivity index (χ3v) is 7.72. The van der Waals surface area contributed by atoms with Gasteiger partial charge in [0.2, 0.25) is 0 Å². The Hall–Kier alpha value is -2.45. The molecule has 0 radical (unpaired) electrons. The lowest BCUT2D eigenvalue weighted by Crippen LogP contribution is -2.63. The van der Waals surface area contributed by atoms with Gasteiger partial charge in [-0.25, -0.2) is 4.79 Å². The number of rotatable bonds is 5. The molecule has 1 amide bonds. The first-order valence-corrected chi connectivity index (χ1v) is 12.3. The molecule has 0 aromatic heterocycles. The topological polar surface area (TPSA) is 77.5 Å². The van der Waals surface area contributed by atoms with E-state index in [1.807, 2.05) is 29.2 Å². The summed E-state index contributed by atoms with van der Waals surface area (Å²) in [6.45, 7) is 2.35. The van der Waals surface area contributed by atoms with Crippen molar-refractivity contribution in [1.82, 2.24) is 4.90 Å². The van der Waals surface area contributed by atoms with Crippen molar-refractivity contribution in [2.24, 2.45) is 0 Å². The van der Waals surface area contributed by atoms with Crippen molar-refractivity contribution in [3.63, 3.8) is 0 Å². The number of ether oxygens (including phenoxy) is 4. The maximum Gasteiger partial charge on any atom is 0.410 e. The lowest BCUT2D eigenvalue weighted by Gasteiger charge is -2.51. The molecule has 2 bridgehead atoms. The van der Waals surface area contributed by atoms with Crippen LogP contribution in [0.2, 0.25) is 0 Å². The molecule has 6 rings (SSSR count). The normalized spacial score (nSPS) is 28.6. The fourth-order valence-corrected chi connectivity index (χ4v) is 6.21. The number of hydrogen-bond acceptors (Lipinski definition) is 6. The van der Waals surface area contributed by atoms with Crippen LogP contribution in [0.1, 0.15) is 42.7 Å². The summed E-state index contributed by atoms with van der Waals surface area (Å²) >= 11 is 0. The zero-order valence-corrected chi connectivity index (χ0v) is 19.2. The number of aliphatic hydroxyl groups is 1. The Kier molecular flexibility index (Phi) is 5.81. The molecule has 0 saturated carbocycles. The van der Waals surface area contributed by atoms with E-state index < -0.39 is 5.60 Å². The first-order valence-electron chi connectivity index (χ1n) is 12.3. The summed E-state index contributed by atoms with van der Waals surface area (Å²) in [5.41, 5.74) is 3.97. The SMILES string of the molecule is O=C(OCC1c2ccccc2-c2ccccc21)N1C2COCC1CC(O)(CCC1OCCO1)C2. The Morgan fingerprint density at radius 2 is 1.56 bits per heavy atom. The molecular formula is C27H31NO6. The Labute approximate surface area is 199 Å². The van der Waals surface area contributed by atoms with Gasteiger partial charge in [0.1, 0.15) is 6.61 Å². The lowest BCUT2D eigenvalue weighted by atomic mass is 9.78. The van der Waals surface area contributed by atoms with Gasteiger partial charge in [-0.2, -0.15) is 0 Å². The Morgan fingerprint density at radius 3 is 2.18 bits per heavy atom. The van der Waals surface area contributed by atoms with Crippen molar-refractivity contribution in [2.45, 2.75) is 55.6 Å². The summed E-state index contributed by atoms with van der Waals surface area (Å²) < 4.78 is 22.7. The van der Waals surface area contributed by atoms with Crippen LogP contribution in [0.4, 0.5) is 4.79 Å². The number of nitrogens with zero attached hydrogens (tertiary/aromatic N) is 1. The Bertz CT molecular complexity index is 991. The van der Waals surface area contributed by atoms with E-state index in [-0.39, 0.29) is 30.4 Å². The van der Waals surface area contributed by atoms with Crippen molar-refractivity contribution in [2.75, 3.05) is 33.0 Å². The minimum absolute atomic E-state index is 0.0283. The van der Waals surface area contributed by atoms with E-state index in [0.29, 0.717) is 58.7 Å². The van der Waals surface area contributed by atoms with Gasteiger partial charge >= 0.3 is 6.09 Å². The average molecular weight is 466 g/mol. The van der Waals surface area contributed by atoms with E-state index in [0.717, 1.165) is 0 Å². The van der Waals surface area contributed by atoms with Gasteiger partial charge in [0.05, 0.1) is 44.1 Å². The van der Waals surface area contributed by atoms with Crippen LogP contribution in [-0.2, 0) is 18.9 Å². The number of morpholine rings is 1. The molecule has 2 aromatic rings. The maximum absolute atomic E-state index is 13.3. The number of hydrogen-bond donors (Lipinski definition) is 1. The average Bonchev–Trinajstić information content (AvgIpc) is 3.47. The smallest absolute Gasteiger partial charge is 0.410 e. The molecule has 1 N–H and O–H groups in total. The molecule has 2 aromatic carbocycles. The molecule has 180 valence electrons. The monoisotopic (exact) mass is 465 g/mol. The summed E-state index contributed by atoms with van der Waals surface area (Å²) in [6, 6.07) is 16.3. The maximum atomic E-state index is 13.3. The molecule has 3 heterocycles. The van der Waals surface area contributed by atoms with Crippen LogP contribution in [0.15, 0.2) is 48.5 Å². The Balaban J connectivity index is 1.13. The van der Waals surface area contributed by atoms with Crippen molar-refractivity contribution in [3.05, 3.63) is 59.7 Å². The molecule has 4 aliphatic rings. The number of piperidine rings is 1. The summed E-state index contributed by atoms with van der Waals surface area (Å²) in [7, 11) is 0. The van der Waals surface area contributed by atoms with Gasteiger partial charge in [0.25, 0.3) is 0 Å². The lowest BCUT2D eigenvalue weighted by molar-refractivity contribution is -0.143. The van der Waals surface area contributed by atoms with Gasteiger partial charge in [-0.1, -0.05) is 48.5 Å². The summed E-state index contributed by atoms with van der Waals surface area (Å²) in [6.07, 6.45) is 1.64. The second-order valence-corrected chi connectivity index (χ2v) is 9.90. The van der Waals surface area contributed by atoms with E-state index in [9.17, 15) is 9.90 Å². The van der Waals surface area contributed by atoms with Crippen LogP contribution in [-0.4, -0.2) is 73.1 Å². The van der Waals surface area contributed by atoms with Crippen LogP contribution in [0, 0.1) is 0 Å². The highest BCUT2D eigenvalue weighted by molar-refractivity contribution is 5.79. The zero-order chi connectivity index (χ0) is 23.1. The van der Waals surface area contributed by atoms with Gasteiger partial charge in [-0.3, -0.25) is 4.90 Å². The summed E-state index contributed by atoms with van der Waals surface area (Å²) in [5.74, 6) is 0.0283. The number of carbonyl (C=O) groups excluding carboxylic acids is 1. The van der Waals surface area contributed by atoms with Crippen LogP contribution >= 0.6 is 0 Å². The van der Waals surface area contributed by atoms with Gasteiger partial charge < -0.3 is 24.1 Å². The van der Waals surface area contributed by atoms with Gasteiger partial charge in [0, 0.05) is 12.3 Å². The number of amides is 1. The predicted molar refractivity (Wildman–Crippen MR) is 124 cm³/mol. The highest BCUT2D eigenvalue weighted by atomic mass is 16.7. The third-order valence-electron chi connectivity index (χ3n) is 7.72. The van der Waals surface area contributed by atoms with Crippen LogP contribution in [0.25, 0.3) is 11.1 Å². The minimum Gasteiger partial charge on any atom is -0.448 e. The van der Waals surface area contributed by atoms with Crippen LogP contribution in [0.5, 0.6) is 0 Å². The first kappa shape index (κ1) is 22.0. The summed E-state index contributed by atoms with van der Waals surface area (Å²) in [4.78, 5) is 15.1. The van der Waals surface area contributed by atoms with Crippen LogP contribution in [0.3, 0.4) is 0 Å². The molecule has 3 aliphatic heterocycles. The van der Waals surface area contributed by atoms with Crippen molar-refractivity contribution in [3.8, 4) is 11.1 Å². The highest BCUT2D eigenvalue weighted by Gasteiger charge is 2.49.